The van der Waals surface area contributed by atoms with Crippen LogP contribution < -0.4 is 15.8 Å². The number of methoxy groups -OCH3 is 1. The maximum atomic E-state index is 12.4. The second-order valence-electron chi connectivity index (χ2n) is 5.19. The van der Waals surface area contributed by atoms with Crippen LogP contribution in [0.2, 0.25) is 0 Å². The minimum atomic E-state index is -0.207. The molecule has 1 atom stereocenters. The lowest BCUT2D eigenvalue weighted by Gasteiger charge is -2.15. The van der Waals surface area contributed by atoms with Crippen molar-refractivity contribution in [1.29, 1.82) is 0 Å². The van der Waals surface area contributed by atoms with E-state index in [4.69, 9.17) is 10.5 Å². The first-order chi connectivity index (χ1) is 10.6. The molecule has 0 radical (unpaired) electrons. The molecule has 0 bridgehead atoms. The van der Waals surface area contributed by atoms with Gasteiger partial charge in [0.05, 0.1) is 18.4 Å². The van der Waals surface area contributed by atoms with Crippen molar-refractivity contribution in [1.82, 2.24) is 4.98 Å². The first-order valence-corrected chi connectivity index (χ1v) is 8.57. The predicted molar refractivity (Wildman–Crippen MR) is 90.8 cm³/mol. The molecule has 0 unspecified atom stereocenters. The number of rotatable bonds is 3. The molecule has 0 aliphatic heterocycles. The topological polar surface area (TPSA) is 77.2 Å². The second-order valence-corrected chi connectivity index (χ2v) is 7.13. The van der Waals surface area contributed by atoms with E-state index in [1.54, 1.807) is 25.3 Å². The van der Waals surface area contributed by atoms with Crippen LogP contribution in [0.25, 0.3) is 0 Å². The summed E-state index contributed by atoms with van der Waals surface area (Å²) in [5.41, 5.74) is 7.55. The molecular weight excluding hydrogens is 366 g/mol. The zero-order valence-electron chi connectivity index (χ0n) is 12.1. The molecule has 1 amide bonds. The normalized spacial score (nSPS) is 17.0. The highest BCUT2D eigenvalue weighted by Crippen LogP contribution is 2.30. The molecule has 1 heterocycles. The number of fused-ring (bicyclic) bond motifs is 1. The van der Waals surface area contributed by atoms with Gasteiger partial charge in [-0.2, -0.15) is 0 Å². The molecule has 0 fully saturated rings. The number of carbonyl (C=O) groups excluding carboxylic acids is 1. The lowest BCUT2D eigenvalue weighted by molar-refractivity contribution is 0.102. The fourth-order valence-corrected chi connectivity index (χ4v) is 3.95. The number of anilines is 1. The number of hydrogen-bond acceptors (Lipinski definition) is 5. The third-order valence-corrected chi connectivity index (χ3v) is 5.34. The van der Waals surface area contributed by atoms with E-state index in [2.05, 4.69) is 26.2 Å². The van der Waals surface area contributed by atoms with Gasteiger partial charge in [-0.05, 0) is 53.4 Å². The van der Waals surface area contributed by atoms with Crippen LogP contribution in [0.3, 0.4) is 0 Å². The standard InChI is InChI=1S/C15H16BrN3O2S/c1-21-9-3-4-11(16)10(7-9)14(20)19-15-18-12-5-2-8(17)6-13(12)22-15/h3-4,7-8H,2,5-6,17H2,1H3,(H,18,19,20)/t8-/m0/s1. The zero-order valence-corrected chi connectivity index (χ0v) is 14.5. The average Bonchev–Trinajstić information content (AvgIpc) is 2.88. The molecule has 1 aliphatic carbocycles. The summed E-state index contributed by atoms with van der Waals surface area (Å²) in [5, 5.41) is 3.49. The largest absolute Gasteiger partial charge is 0.497 e. The molecule has 1 aliphatic rings. The van der Waals surface area contributed by atoms with E-state index in [1.165, 1.54) is 16.2 Å². The third-order valence-electron chi connectivity index (χ3n) is 3.62. The minimum Gasteiger partial charge on any atom is -0.497 e. The van der Waals surface area contributed by atoms with Gasteiger partial charge in [0.2, 0.25) is 0 Å². The average molecular weight is 382 g/mol. The maximum absolute atomic E-state index is 12.4. The van der Waals surface area contributed by atoms with Crippen molar-refractivity contribution in [2.75, 3.05) is 12.4 Å². The number of nitrogens with zero attached hydrogens (tertiary/aromatic N) is 1. The second kappa shape index (κ2) is 6.36. The number of nitrogens with one attached hydrogen (secondary N) is 1. The molecule has 3 N–H and O–H groups in total. The summed E-state index contributed by atoms with van der Waals surface area (Å²) in [5.74, 6) is 0.430. The van der Waals surface area contributed by atoms with Gasteiger partial charge in [-0.3, -0.25) is 10.1 Å². The summed E-state index contributed by atoms with van der Waals surface area (Å²) >= 11 is 4.90. The Bertz CT molecular complexity index is 717. The summed E-state index contributed by atoms with van der Waals surface area (Å²) in [6.07, 6.45) is 2.67. The Morgan fingerprint density at radius 1 is 1.55 bits per heavy atom. The highest BCUT2D eigenvalue weighted by molar-refractivity contribution is 9.10. The number of carbonyl (C=O) groups is 1. The lowest BCUT2D eigenvalue weighted by Crippen LogP contribution is -2.27. The smallest absolute Gasteiger partial charge is 0.258 e. The van der Waals surface area contributed by atoms with Gasteiger partial charge in [-0.15, -0.1) is 11.3 Å². The van der Waals surface area contributed by atoms with Crippen molar-refractivity contribution in [2.45, 2.75) is 25.3 Å². The van der Waals surface area contributed by atoms with Crippen molar-refractivity contribution in [2.24, 2.45) is 5.73 Å². The van der Waals surface area contributed by atoms with Gasteiger partial charge < -0.3 is 10.5 Å². The number of aryl methyl sites for hydroxylation is 1. The van der Waals surface area contributed by atoms with Crippen LogP contribution in [0.1, 0.15) is 27.3 Å². The fraction of sp³-hybridized carbons (Fsp3) is 0.333. The molecule has 7 heteroatoms. The van der Waals surface area contributed by atoms with Gasteiger partial charge in [0.25, 0.3) is 5.91 Å². The number of hydrogen-bond donors (Lipinski definition) is 2. The van der Waals surface area contributed by atoms with Crippen LogP contribution in [-0.4, -0.2) is 24.0 Å². The number of thiazole rings is 1. The first kappa shape index (κ1) is 15.5. The molecular formula is C15H16BrN3O2S. The number of ether oxygens (including phenoxy) is 1. The summed E-state index contributed by atoms with van der Waals surface area (Å²) < 4.78 is 5.88. The Kier molecular flexibility index (Phi) is 4.46. The highest BCUT2D eigenvalue weighted by atomic mass is 79.9. The summed E-state index contributed by atoms with van der Waals surface area (Å²) in [4.78, 5) is 18.1. The Morgan fingerprint density at radius 2 is 2.36 bits per heavy atom. The van der Waals surface area contributed by atoms with E-state index < -0.39 is 0 Å². The molecule has 116 valence electrons. The Hall–Kier alpha value is -1.44. The number of amides is 1. The summed E-state index contributed by atoms with van der Waals surface area (Å²) in [6, 6.07) is 5.48. The monoisotopic (exact) mass is 381 g/mol. The van der Waals surface area contributed by atoms with Gasteiger partial charge in [0.15, 0.2) is 5.13 Å². The van der Waals surface area contributed by atoms with E-state index in [0.29, 0.717) is 20.9 Å². The molecule has 3 rings (SSSR count). The number of halogens is 1. The van der Waals surface area contributed by atoms with Crippen LogP contribution in [0.5, 0.6) is 5.75 Å². The molecule has 5 nitrogen and oxygen atoms in total. The quantitative estimate of drug-likeness (QED) is 0.856. The fourth-order valence-electron chi connectivity index (χ4n) is 2.42. The van der Waals surface area contributed by atoms with Gasteiger partial charge in [0.1, 0.15) is 5.75 Å². The number of nitrogens with two attached hydrogens (primary N) is 1. The summed E-state index contributed by atoms with van der Waals surface area (Å²) in [7, 11) is 1.57. The van der Waals surface area contributed by atoms with Crippen LogP contribution in [0, 0.1) is 0 Å². The molecule has 1 aromatic carbocycles. The molecule has 22 heavy (non-hydrogen) atoms. The van der Waals surface area contributed by atoms with Crippen LogP contribution >= 0.6 is 27.3 Å². The van der Waals surface area contributed by atoms with Crippen molar-refractivity contribution in [3.05, 3.63) is 38.8 Å². The Morgan fingerprint density at radius 3 is 3.14 bits per heavy atom. The highest BCUT2D eigenvalue weighted by Gasteiger charge is 2.21. The molecule has 2 aromatic rings. The van der Waals surface area contributed by atoms with Crippen LogP contribution in [-0.2, 0) is 12.8 Å². The van der Waals surface area contributed by atoms with Crippen molar-refractivity contribution in [3.63, 3.8) is 0 Å². The van der Waals surface area contributed by atoms with Crippen molar-refractivity contribution < 1.29 is 9.53 Å². The minimum absolute atomic E-state index is 0.198. The van der Waals surface area contributed by atoms with E-state index >= 15 is 0 Å². The SMILES string of the molecule is COc1ccc(Br)c(C(=O)Nc2nc3c(s2)C[C@@H](N)CC3)c1. The van der Waals surface area contributed by atoms with E-state index in [-0.39, 0.29) is 11.9 Å². The van der Waals surface area contributed by atoms with Gasteiger partial charge in [-0.1, -0.05) is 0 Å². The molecule has 0 spiro atoms. The van der Waals surface area contributed by atoms with Crippen molar-refractivity contribution in [3.8, 4) is 5.75 Å². The maximum Gasteiger partial charge on any atom is 0.258 e. The predicted octanol–water partition coefficient (Wildman–Crippen LogP) is 2.98. The molecule has 0 saturated heterocycles. The first-order valence-electron chi connectivity index (χ1n) is 6.96. The number of benzene rings is 1. The Labute approximate surface area is 141 Å². The Balaban J connectivity index is 1.80. The van der Waals surface area contributed by atoms with E-state index in [9.17, 15) is 4.79 Å². The summed E-state index contributed by atoms with van der Waals surface area (Å²) in [6.45, 7) is 0. The van der Waals surface area contributed by atoms with Crippen molar-refractivity contribution >= 4 is 38.3 Å². The molecule has 1 aromatic heterocycles. The van der Waals surface area contributed by atoms with Crippen LogP contribution in [0.4, 0.5) is 5.13 Å². The van der Waals surface area contributed by atoms with Gasteiger partial charge in [0, 0.05) is 15.4 Å². The zero-order chi connectivity index (χ0) is 15.7. The molecule has 0 saturated carbocycles. The van der Waals surface area contributed by atoms with Gasteiger partial charge in [-0.25, -0.2) is 4.98 Å². The third kappa shape index (κ3) is 3.16. The van der Waals surface area contributed by atoms with E-state index in [0.717, 1.165) is 25.0 Å². The van der Waals surface area contributed by atoms with Gasteiger partial charge >= 0.3 is 0 Å². The lowest BCUT2D eigenvalue weighted by atomic mass is 9.99. The van der Waals surface area contributed by atoms with Crippen LogP contribution in [0.15, 0.2) is 22.7 Å². The number of aromatic nitrogens is 1. The van der Waals surface area contributed by atoms with E-state index in [1.807, 2.05) is 0 Å².